The Morgan fingerprint density at radius 2 is 2.18 bits per heavy atom. The highest BCUT2D eigenvalue weighted by molar-refractivity contribution is 5.93. The number of nitrogens with zero attached hydrogens (tertiary/aromatic N) is 2. The van der Waals surface area contributed by atoms with Crippen molar-refractivity contribution in [1.82, 2.24) is 20.4 Å². The van der Waals surface area contributed by atoms with Crippen LogP contribution in [0.5, 0.6) is 0 Å². The molecule has 0 aliphatic carbocycles. The lowest BCUT2D eigenvalue weighted by Gasteiger charge is -2.31. The first kappa shape index (κ1) is 14.4. The number of amides is 2. The molecular formula is C15H18N4O3. The van der Waals surface area contributed by atoms with Crippen LogP contribution in [0, 0.1) is 0 Å². The topological polar surface area (TPSA) is 91.2 Å². The van der Waals surface area contributed by atoms with Gasteiger partial charge in [0.25, 0.3) is 5.91 Å². The predicted molar refractivity (Wildman–Crippen MR) is 79.0 cm³/mol. The lowest BCUT2D eigenvalue weighted by atomic mass is 10.0. The summed E-state index contributed by atoms with van der Waals surface area (Å²) in [6.45, 7) is 2.93. The number of likely N-dealkylation sites (tertiary alicyclic amines) is 1. The summed E-state index contributed by atoms with van der Waals surface area (Å²) in [6.07, 6.45) is 3.10. The Balaban J connectivity index is 1.58. The van der Waals surface area contributed by atoms with Crippen molar-refractivity contribution in [2.75, 3.05) is 13.1 Å². The lowest BCUT2D eigenvalue weighted by molar-refractivity contribution is -0.129. The molecular weight excluding hydrogens is 284 g/mol. The molecule has 0 unspecified atom stereocenters. The van der Waals surface area contributed by atoms with E-state index in [1.54, 1.807) is 36.3 Å². The van der Waals surface area contributed by atoms with Crippen LogP contribution in [0.1, 0.15) is 30.3 Å². The number of aromatic nitrogens is 2. The summed E-state index contributed by atoms with van der Waals surface area (Å²) in [5.41, 5.74) is 1.00. The molecule has 1 aliphatic rings. The number of H-pyrrole nitrogens is 1. The molecule has 7 heteroatoms. The van der Waals surface area contributed by atoms with E-state index in [1.165, 1.54) is 0 Å². The van der Waals surface area contributed by atoms with Crippen LogP contribution in [-0.2, 0) is 4.79 Å². The standard InChI is InChI=1S/C15H18N4O3/c1-10(20)19-6-4-11(5-7-19)16-15(21)13-9-12(17-18-13)14-3-2-8-22-14/h2-3,8-9,11H,4-7H2,1H3,(H,16,21)(H,17,18). The highest BCUT2D eigenvalue weighted by atomic mass is 16.3. The fraction of sp³-hybridized carbons (Fsp3) is 0.400. The second-order valence-corrected chi connectivity index (χ2v) is 5.40. The number of carbonyl (C=O) groups is 2. The third-order valence-electron chi connectivity index (χ3n) is 3.87. The van der Waals surface area contributed by atoms with Crippen molar-refractivity contribution >= 4 is 11.8 Å². The predicted octanol–water partition coefficient (Wildman–Crippen LogP) is 1.41. The Morgan fingerprint density at radius 3 is 2.82 bits per heavy atom. The van der Waals surface area contributed by atoms with Gasteiger partial charge in [0.15, 0.2) is 11.5 Å². The van der Waals surface area contributed by atoms with Crippen LogP contribution in [-0.4, -0.2) is 46.0 Å². The van der Waals surface area contributed by atoms with E-state index in [4.69, 9.17) is 4.42 Å². The van der Waals surface area contributed by atoms with E-state index < -0.39 is 0 Å². The zero-order chi connectivity index (χ0) is 15.5. The molecule has 0 atom stereocenters. The Labute approximate surface area is 127 Å². The number of rotatable bonds is 3. The van der Waals surface area contributed by atoms with Crippen LogP contribution in [0.25, 0.3) is 11.5 Å². The molecule has 1 saturated heterocycles. The summed E-state index contributed by atoms with van der Waals surface area (Å²) < 4.78 is 5.26. The molecule has 2 N–H and O–H groups in total. The smallest absolute Gasteiger partial charge is 0.272 e. The summed E-state index contributed by atoms with van der Waals surface area (Å²) in [7, 11) is 0. The number of hydrogen-bond acceptors (Lipinski definition) is 4. The first-order valence-corrected chi connectivity index (χ1v) is 7.29. The summed E-state index contributed by atoms with van der Waals surface area (Å²) >= 11 is 0. The van der Waals surface area contributed by atoms with Gasteiger partial charge in [-0.15, -0.1) is 0 Å². The van der Waals surface area contributed by atoms with Gasteiger partial charge in [-0.1, -0.05) is 0 Å². The van der Waals surface area contributed by atoms with E-state index in [0.29, 0.717) is 30.2 Å². The molecule has 3 heterocycles. The molecule has 116 valence electrons. The number of piperidine rings is 1. The van der Waals surface area contributed by atoms with Crippen molar-refractivity contribution in [1.29, 1.82) is 0 Å². The molecule has 2 aromatic rings. The first-order chi connectivity index (χ1) is 10.6. The SMILES string of the molecule is CC(=O)N1CCC(NC(=O)c2cc(-c3ccco3)[nH]n2)CC1. The molecule has 2 aromatic heterocycles. The fourth-order valence-corrected chi connectivity index (χ4v) is 2.59. The Kier molecular flexibility index (Phi) is 3.95. The van der Waals surface area contributed by atoms with E-state index in [9.17, 15) is 9.59 Å². The van der Waals surface area contributed by atoms with Crippen LogP contribution in [0.2, 0.25) is 0 Å². The molecule has 0 bridgehead atoms. The number of nitrogens with one attached hydrogen (secondary N) is 2. The van der Waals surface area contributed by atoms with Gasteiger partial charge < -0.3 is 14.6 Å². The lowest BCUT2D eigenvalue weighted by Crippen LogP contribution is -2.46. The van der Waals surface area contributed by atoms with E-state index in [1.807, 2.05) is 0 Å². The Hall–Kier alpha value is -2.57. The molecule has 2 amide bonds. The second-order valence-electron chi connectivity index (χ2n) is 5.40. The van der Waals surface area contributed by atoms with Crippen LogP contribution in [0.15, 0.2) is 28.9 Å². The monoisotopic (exact) mass is 302 g/mol. The van der Waals surface area contributed by atoms with Crippen LogP contribution in [0.3, 0.4) is 0 Å². The van der Waals surface area contributed by atoms with Crippen LogP contribution < -0.4 is 5.32 Å². The van der Waals surface area contributed by atoms with Crippen LogP contribution >= 0.6 is 0 Å². The molecule has 1 aliphatic heterocycles. The molecule has 0 radical (unpaired) electrons. The zero-order valence-electron chi connectivity index (χ0n) is 12.3. The first-order valence-electron chi connectivity index (χ1n) is 7.29. The highest BCUT2D eigenvalue weighted by Crippen LogP contribution is 2.18. The minimum Gasteiger partial charge on any atom is -0.463 e. The summed E-state index contributed by atoms with van der Waals surface area (Å²) in [5, 5.41) is 9.77. The number of aromatic amines is 1. The molecule has 3 rings (SSSR count). The maximum atomic E-state index is 12.2. The van der Waals surface area contributed by atoms with Crippen molar-refractivity contribution in [3.05, 3.63) is 30.2 Å². The van der Waals surface area contributed by atoms with Gasteiger partial charge in [-0.2, -0.15) is 5.10 Å². The second kappa shape index (κ2) is 6.05. The van der Waals surface area contributed by atoms with Gasteiger partial charge in [0.2, 0.25) is 5.91 Å². The highest BCUT2D eigenvalue weighted by Gasteiger charge is 2.23. The van der Waals surface area contributed by atoms with Gasteiger partial charge in [-0.3, -0.25) is 14.7 Å². The molecule has 22 heavy (non-hydrogen) atoms. The summed E-state index contributed by atoms with van der Waals surface area (Å²) in [5.74, 6) is 0.511. The molecule has 0 aromatic carbocycles. The van der Waals surface area contributed by atoms with E-state index in [2.05, 4.69) is 15.5 Å². The maximum Gasteiger partial charge on any atom is 0.272 e. The summed E-state index contributed by atoms with van der Waals surface area (Å²) in [6, 6.07) is 5.32. The van der Waals surface area contributed by atoms with Crippen LogP contribution in [0.4, 0.5) is 0 Å². The molecule has 0 saturated carbocycles. The molecule has 0 spiro atoms. The van der Waals surface area contributed by atoms with E-state index in [0.717, 1.165) is 12.8 Å². The van der Waals surface area contributed by atoms with Crippen molar-refractivity contribution in [3.8, 4) is 11.5 Å². The zero-order valence-corrected chi connectivity index (χ0v) is 12.3. The van der Waals surface area contributed by atoms with E-state index >= 15 is 0 Å². The van der Waals surface area contributed by atoms with Gasteiger partial charge in [0.05, 0.1) is 6.26 Å². The van der Waals surface area contributed by atoms with Gasteiger partial charge in [-0.05, 0) is 25.0 Å². The molecule has 1 fully saturated rings. The van der Waals surface area contributed by atoms with Crippen molar-refractivity contribution in [2.24, 2.45) is 0 Å². The Morgan fingerprint density at radius 1 is 1.41 bits per heavy atom. The fourth-order valence-electron chi connectivity index (χ4n) is 2.59. The number of hydrogen-bond donors (Lipinski definition) is 2. The minimum atomic E-state index is -0.213. The quantitative estimate of drug-likeness (QED) is 0.897. The average molecular weight is 302 g/mol. The van der Waals surface area contributed by atoms with Crippen molar-refractivity contribution in [2.45, 2.75) is 25.8 Å². The van der Waals surface area contributed by atoms with Gasteiger partial charge in [0.1, 0.15) is 5.69 Å². The number of furan rings is 1. The van der Waals surface area contributed by atoms with Gasteiger partial charge in [-0.25, -0.2) is 0 Å². The third kappa shape index (κ3) is 3.03. The van der Waals surface area contributed by atoms with Crippen molar-refractivity contribution < 1.29 is 14.0 Å². The molecule has 7 nitrogen and oxygen atoms in total. The average Bonchev–Trinajstić information content (AvgIpc) is 3.19. The van der Waals surface area contributed by atoms with Gasteiger partial charge in [0, 0.05) is 32.1 Å². The van der Waals surface area contributed by atoms with E-state index in [-0.39, 0.29) is 17.9 Å². The maximum absolute atomic E-state index is 12.2. The number of carbonyl (C=O) groups excluding carboxylic acids is 2. The largest absolute Gasteiger partial charge is 0.463 e. The van der Waals surface area contributed by atoms with Crippen molar-refractivity contribution in [3.63, 3.8) is 0 Å². The Bertz CT molecular complexity index is 654. The third-order valence-corrected chi connectivity index (χ3v) is 3.87. The summed E-state index contributed by atoms with van der Waals surface area (Å²) in [4.78, 5) is 25.3. The normalized spacial score (nSPS) is 15.8. The minimum absolute atomic E-state index is 0.0758. The van der Waals surface area contributed by atoms with Gasteiger partial charge >= 0.3 is 0 Å².